The zero-order chi connectivity index (χ0) is 19.9. The van der Waals surface area contributed by atoms with Crippen molar-refractivity contribution >= 4 is 32.2 Å². The van der Waals surface area contributed by atoms with Crippen LogP contribution in [0.15, 0.2) is 35.1 Å². The van der Waals surface area contributed by atoms with E-state index in [4.69, 9.17) is 0 Å². The Morgan fingerprint density at radius 2 is 2.04 bits per heavy atom. The van der Waals surface area contributed by atoms with Gasteiger partial charge in [-0.25, -0.2) is 18.4 Å². The summed E-state index contributed by atoms with van der Waals surface area (Å²) in [5.41, 5.74) is 3.39. The van der Waals surface area contributed by atoms with Gasteiger partial charge in [-0.2, -0.15) is 4.31 Å². The average molecular weight is 419 g/mol. The van der Waals surface area contributed by atoms with Crippen LogP contribution >= 0.6 is 11.3 Å². The first kappa shape index (κ1) is 19.0. The van der Waals surface area contributed by atoms with Crippen molar-refractivity contribution in [1.29, 1.82) is 0 Å². The van der Waals surface area contributed by atoms with E-state index in [0.717, 1.165) is 40.7 Å². The molecule has 1 aliphatic heterocycles. The molecule has 4 heterocycles. The molecule has 1 atom stereocenters. The van der Waals surface area contributed by atoms with E-state index >= 15 is 0 Å². The number of rotatable bonds is 5. The standard InChI is InChI=1S/C18H22N6O2S2/c1-12-7-14(22-18-21-13(2)10-27-18)8-15(20-12)16-5-4-6-24(16)28(25,26)17-9-23(3)11-19-17/h7-11,16H,4-6H2,1-3H3,(H,20,21,22)/t16-/m1/s1. The van der Waals surface area contributed by atoms with Crippen LogP contribution < -0.4 is 5.32 Å². The van der Waals surface area contributed by atoms with E-state index in [1.165, 1.54) is 28.2 Å². The van der Waals surface area contributed by atoms with Gasteiger partial charge < -0.3 is 9.88 Å². The van der Waals surface area contributed by atoms with Crippen molar-refractivity contribution in [1.82, 2.24) is 23.8 Å². The van der Waals surface area contributed by atoms with Gasteiger partial charge in [-0.3, -0.25) is 4.98 Å². The minimum Gasteiger partial charge on any atom is -0.339 e. The lowest BCUT2D eigenvalue weighted by Crippen LogP contribution is -2.31. The van der Waals surface area contributed by atoms with Gasteiger partial charge in [0.25, 0.3) is 10.0 Å². The lowest BCUT2D eigenvalue weighted by atomic mass is 10.1. The fourth-order valence-corrected chi connectivity index (χ4v) is 5.78. The summed E-state index contributed by atoms with van der Waals surface area (Å²) < 4.78 is 29.3. The van der Waals surface area contributed by atoms with Crippen molar-refractivity contribution in [3.63, 3.8) is 0 Å². The fourth-order valence-electron chi connectivity index (χ4n) is 3.44. The molecule has 10 heteroatoms. The largest absolute Gasteiger partial charge is 0.339 e. The molecule has 0 aromatic carbocycles. The molecule has 0 unspecified atom stereocenters. The van der Waals surface area contributed by atoms with Gasteiger partial charge in [-0.1, -0.05) is 0 Å². The zero-order valence-electron chi connectivity index (χ0n) is 16.0. The SMILES string of the molecule is Cc1cc(Nc2nc(C)cs2)cc([C@H]2CCCN2S(=O)(=O)c2cn(C)cn2)n1. The Labute approximate surface area is 168 Å². The molecule has 1 saturated heterocycles. The van der Waals surface area contributed by atoms with Gasteiger partial charge in [0.05, 0.1) is 23.8 Å². The molecule has 0 saturated carbocycles. The summed E-state index contributed by atoms with van der Waals surface area (Å²) in [5.74, 6) is 0. The van der Waals surface area contributed by atoms with Gasteiger partial charge >= 0.3 is 0 Å². The van der Waals surface area contributed by atoms with Crippen LogP contribution in [0.1, 0.15) is 36.0 Å². The molecule has 0 aliphatic carbocycles. The molecule has 3 aromatic rings. The second-order valence-corrected chi connectivity index (χ2v) is 9.69. The molecule has 28 heavy (non-hydrogen) atoms. The number of aromatic nitrogens is 4. The monoisotopic (exact) mass is 418 g/mol. The second kappa shape index (κ2) is 7.26. The number of pyridine rings is 1. The number of sulfonamides is 1. The van der Waals surface area contributed by atoms with Gasteiger partial charge in [0.1, 0.15) is 0 Å². The Hall–Kier alpha value is -2.30. The van der Waals surface area contributed by atoms with Crippen molar-refractivity contribution < 1.29 is 8.42 Å². The third-order valence-electron chi connectivity index (χ3n) is 4.64. The Bertz CT molecular complexity index is 1100. The first-order valence-corrected chi connectivity index (χ1v) is 11.3. The minimum atomic E-state index is -3.67. The van der Waals surface area contributed by atoms with Crippen molar-refractivity contribution in [2.75, 3.05) is 11.9 Å². The van der Waals surface area contributed by atoms with Gasteiger partial charge in [-0.05, 0) is 38.8 Å². The number of nitrogens with one attached hydrogen (secondary N) is 1. The van der Waals surface area contributed by atoms with Crippen LogP contribution in [0.3, 0.4) is 0 Å². The molecule has 0 bridgehead atoms. The smallest absolute Gasteiger partial charge is 0.262 e. The van der Waals surface area contributed by atoms with Crippen LogP contribution in [0.25, 0.3) is 0 Å². The van der Waals surface area contributed by atoms with E-state index in [-0.39, 0.29) is 11.1 Å². The summed E-state index contributed by atoms with van der Waals surface area (Å²) >= 11 is 1.53. The first-order valence-electron chi connectivity index (χ1n) is 9.00. The minimum absolute atomic E-state index is 0.0752. The van der Waals surface area contributed by atoms with Gasteiger partial charge in [0.2, 0.25) is 0 Å². The molecule has 0 radical (unpaired) electrons. The molecule has 0 amide bonds. The summed E-state index contributed by atoms with van der Waals surface area (Å²) in [7, 11) is -1.91. The van der Waals surface area contributed by atoms with Gasteiger partial charge in [-0.15, -0.1) is 11.3 Å². The number of nitrogens with zero attached hydrogens (tertiary/aromatic N) is 5. The number of aryl methyl sites for hydroxylation is 3. The Morgan fingerprint density at radius 3 is 2.71 bits per heavy atom. The molecule has 1 aliphatic rings. The highest BCUT2D eigenvalue weighted by atomic mass is 32.2. The maximum atomic E-state index is 13.1. The third-order valence-corrected chi connectivity index (χ3v) is 7.31. The average Bonchev–Trinajstić information content (AvgIpc) is 3.35. The zero-order valence-corrected chi connectivity index (χ0v) is 17.6. The molecule has 1 N–H and O–H groups in total. The third kappa shape index (κ3) is 3.67. The van der Waals surface area contributed by atoms with E-state index in [1.54, 1.807) is 11.6 Å². The highest BCUT2D eigenvalue weighted by Gasteiger charge is 2.38. The fraction of sp³-hybridized carbons (Fsp3) is 0.389. The first-order chi connectivity index (χ1) is 13.3. The summed E-state index contributed by atoms with van der Waals surface area (Å²) in [4.78, 5) is 13.1. The van der Waals surface area contributed by atoms with Crippen LogP contribution in [0, 0.1) is 13.8 Å². The van der Waals surface area contributed by atoms with Gasteiger partial charge in [0.15, 0.2) is 10.2 Å². The van der Waals surface area contributed by atoms with E-state index in [0.29, 0.717) is 6.54 Å². The predicted octanol–water partition coefficient (Wildman–Crippen LogP) is 3.16. The molecular weight excluding hydrogens is 396 g/mol. The number of imidazole rings is 1. The van der Waals surface area contributed by atoms with Crippen molar-refractivity contribution in [2.45, 2.75) is 37.8 Å². The maximum Gasteiger partial charge on any atom is 0.262 e. The van der Waals surface area contributed by atoms with Crippen LogP contribution in [0.5, 0.6) is 0 Å². The molecule has 1 fully saturated rings. The summed E-state index contributed by atoms with van der Waals surface area (Å²) in [5, 5.41) is 6.16. The normalized spacial score (nSPS) is 17.9. The second-order valence-electron chi connectivity index (χ2n) is 6.99. The number of hydrogen-bond acceptors (Lipinski definition) is 7. The highest BCUT2D eigenvalue weighted by molar-refractivity contribution is 7.89. The lowest BCUT2D eigenvalue weighted by Gasteiger charge is -2.23. The van der Waals surface area contributed by atoms with E-state index in [1.807, 2.05) is 31.4 Å². The van der Waals surface area contributed by atoms with Crippen molar-refractivity contribution in [3.05, 3.63) is 47.1 Å². The van der Waals surface area contributed by atoms with Crippen LogP contribution in [0.2, 0.25) is 0 Å². The molecule has 8 nitrogen and oxygen atoms in total. The van der Waals surface area contributed by atoms with Crippen molar-refractivity contribution in [2.24, 2.45) is 7.05 Å². The van der Waals surface area contributed by atoms with Crippen LogP contribution in [-0.2, 0) is 17.1 Å². The summed E-state index contributed by atoms with van der Waals surface area (Å²) in [6.45, 7) is 4.33. The lowest BCUT2D eigenvalue weighted by molar-refractivity contribution is 0.388. The molecule has 148 valence electrons. The summed E-state index contributed by atoms with van der Waals surface area (Å²) in [6, 6.07) is 3.55. The quantitative estimate of drug-likeness (QED) is 0.684. The number of thiazole rings is 1. The van der Waals surface area contributed by atoms with Gasteiger partial charge in [0, 0.05) is 36.6 Å². The molecule has 0 spiro atoms. The Kier molecular flexibility index (Phi) is 4.94. The highest BCUT2D eigenvalue weighted by Crippen LogP contribution is 2.36. The Balaban J connectivity index is 1.65. The van der Waals surface area contributed by atoms with E-state index < -0.39 is 10.0 Å². The van der Waals surface area contributed by atoms with Crippen LogP contribution in [0.4, 0.5) is 10.8 Å². The molecule has 4 rings (SSSR count). The topological polar surface area (TPSA) is 93.0 Å². The summed E-state index contributed by atoms with van der Waals surface area (Å²) in [6.07, 6.45) is 4.56. The van der Waals surface area contributed by atoms with E-state index in [9.17, 15) is 8.42 Å². The number of hydrogen-bond donors (Lipinski definition) is 1. The van der Waals surface area contributed by atoms with Crippen LogP contribution in [-0.4, -0.2) is 38.8 Å². The van der Waals surface area contributed by atoms with Crippen molar-refractivity contribution in [3.8, 4) is 0 Å². The Morgan fingerprint density at radius 1 is 1.21 bits per heavy atom. The molecular formula is C18H22N6O2S2. The predicted molar refractivity (Wildman–Crippen MR) is 108 cm³/mol. The van der Waals surface area contributed by atoms with E-state index in [2.05, 4.69) is 20.3 Å². The molecule has 3 aromatic heterocycles. The number of anilines is 2. The maximum absolute atomic E-state index is 13.1.